The summed E-state index contributed by atoms with van der Waals surface area (Å²) in [6.07, 6.45) is 0. The Kier molecular flexibility index (Phi) is 10.0. The van der Waals surface area contributed by atoms with E-state index in [1.54, 1.807) is 0 Å². The van der Waals surface area contributed by atoms with Gasteiger partial charge in [0, 0.05) is 18.8 Å². The molecule has 0 saturated carbocycles. The summed E-state index contributed by atoms with van der Waals surface area (Å²) in [5.41, 5.74) is 1.99. The van der Waals surface area contributed by atoms with E-state index < -0.39 is 0 Å². The topological polar surface area (TPSA) is 35.6 Å². The maximum atomic E-state index is 12.0. The molecule has 1 rings (SSSR count). The summed E-state index contributed by atoms with van der Waals surface area (Å²) in [6, 6.07) is 7.84. The van der Waals surface area contributed by atoms with Crippen LogP contribution in [0, 0.1) is 6.92 Å². The van der Waals surface area contributed by atoms with Crippen LogP contribution in [0.3, 0.4) is 0 Å². The van der Waals surface area contributed by atoms with Crippen LogP contribution in [0.2, 0.25) is 0 Å². The third-order valence-electron chi connectivity index (χ3n) is 3.53. The SMILES string of the molecule is CCN(CC)CCN(C)CC(=O)Nc1ccccc1C.Cl. The lowest BCUT2D eigenvalue weighted by Gasteiger charge is -2.22. The van der Waals surface area contributed by atoms with E-state index in [4.69, 9.17) is 0 Å². The van der Waals surface area contributed by atoms with Gasteiger partial charge in [-0.2, -0.15) is 0 Å². The summed E-state index contributed by atoms with van der Waals surface area (Å²) in [5, 5.41) is 2.96. The molecule has 5 heteroatoms. The minimum atomic E-state index is 0. The quantitative estimate of drug-likeness (QED) is 0.801. The standard InChI is InChI=1S/C16H27N3O.ClH/c1-5-19(6-2)12-11-18(4)13-16(20)17-15-10-8-7-9-14(15)3;/h7-10H,5-6,11-13H2,1-4H3,(H,17,20);1H. The van der Waals surface area contributed by atoms with E-state index in [-0.39, 0.29) is 18.3 Å². The Morgan fingerprint density at radius 1 is 1.14 bits per heavy atom. The van der Waals surface area contributed by atoms with Crippen molar-refractivity contribution in [3.63, 3.8) is 0 Å². The molecule has 1 N–H and O–H groups in total. The van der Waals surface area contributed by atoms with Crippen molar-refractivity contribution >= 4 is 24.0 Å². The molecule has 0 aromatic heterocycles. The number of aryl methyl sites for hydroxylation is 1. The molecule has 0 radical (unpaired) electrons. The zero-order valence-corrected chi connectivity index (χ0v) is 14.4. The van der Waals surface area contributed by atoms with Gasteiger partial charge in [0.25, 0.3) is 0 Å². The van der Waals surface area contributed by atoms with Crippen LogP contribution in [0.25, 0.3) is 0 Å². The van der Waals surface area contributed by atoms with Gasteiger partial charge in [-0.05, 0) is 38.7 Å². The highest BCUT2D eigenvalue weighted by Crippen LogP contribution is 2.12. The average molecular weight is 314 g/mol. The number of benzene rings is 1. The molecule has 1 amide bonds. The van der Waals surface area contributed by atoms with Crippen LogP contribution in [0.5, 0.6) is 0 Å². The number of carbonyl (C=O) groups is 1. The van der Waals surface area contributed by atoms with E-state index in [1.807, 2.05) is 38.2 Å². The first-order valence-electron chi connectivity index (χ1n) is 7.33. The third-order valence-corrected chi connectivity index (χ3v) is 3.53. The number of likely N-dealkylation sites (N-methyl/N-ethyl adjacent to an activating group) is 2. The predicted molar refractivity (Wildman–Crippen MR) is 92.3 cm³/mol. The molecule has 0 aliphatic heterocycles. The third kappa shape index (κ3) is 7.46. The number of para-hydroxylation sites is 1. The summed E-state index contributed by atoms with van der Waals surface area (Å²) in [7, 11) is 1.99. The number of nitrogens with zero attached hydrogens (tertiary/aromatic N) is 2. The summed E-state index contributed by atoms with van der Waals surface area (Å²) < 4.78 is 0. The molecule has 0 bridgehead atoms. The lowest BCUT2D eigenvalue weighted by atomic mass is 10.2. The van der Waals surface area contributed by atoms with Crippen LogP contribution in [0.4, 0.5) is 5.69 Å². The first-order valence-corrected chi connectivity index (χ1v) is 7.33. The van der Waals surface area contributed by atoms with Gasteiger partial charge in [-0.15, -0.1) is 12.4 Å². The van der Waals surface area contributed by atoms with Crippen molar-refractivity contribution in [2.75, 3.05) is 45.1 Å². The number of amides is 1. The Morgan fingerprint density at radius 2 is 1.76 bits per heavy atom. The van der Waals surface area contributed by atoms with Crippen molar-refractivity contribution in [2.24, 2.45) is 0 Å². The minimum Gasteiger partial charge on any atom is -0.325 e. The van der Waals surface area contributed by atoms with Crippen LogP contribution in [-0.2, 0) is 4.79 Å². The molecule has 0 aliphatic rings. The van der Waals surface area contributed by atoms with E-state index >= 15 is 0 Å². The first kappa shape index (κ1) is 19.9. The van der Waals surface area contributed by atoms with Gasteiger partial charge in [0.2, 0.25) is 5.91 Å². The number of nitrogens with one attached hydrogen (secondary N) is 1. The molecular formula is C16H28ClN3O. The number of halogens is 1. The Balaban J connectivity index is 0.00000400. The second-order valence-corrected chi connectivity index (χ2v) is 5.13. The number of hydrogen-bond donors (Lipinski definition) is 1. The smallest absolute Gasteiger partial charge is 0.238 e. The number of anilines is 1. The Bertz CT molecular complexity index is 422. The molecule has 0 atom stereocenters. The summed E-state index contributed by atoms with van der Waals surface area (Å²) in [6.45, 7) is 10.8. The van der Waals surface area contributed by atoms with Crippen LogP contribution >= 0.6 is 12.4 Å². The van der Waals surface area contributed by atoms with Crippen LogP contribution in [-0.4, -0.2) is 55.5 Å². The molecule has 4 nitrogen and oxygen atoms in total. The van der Waals surface area contributed by atoms with Crippen LogP contribution < -0.4 is 5.32 Å². The summed E-state index contributed by atoms with van der Waals surface area (Å²) in [5.74, 6) is 0.0429. The van der Waals surface area contributed by atoms with Crippen molar-refractivity contribution in [1.82, 2.24) is 9.80 Å². The predicted octanol–water partition coefficient (Wildman–Crippen LogP) is 2.63. The monoisotopic (exact) mass is 313 g/mol. The highest BCUT2D eigenvalue weighted by atomic mass is 35.5. The van der Waals surface area contributed by atoms with Gasteiger partial charge in [0.1, 0.15) is 0 Å². The Hall–Kier alpha value is -1.10. The average Bonchev–Trinajstić information content (AvgIpc) is 2.42. The second-order valence-electron chi connectivity index (χ2n) is 5.13. The Morgan fingerprint density at radius 3 is 2.33 bits per heavy atom. The maximum absolute atomic E-state index is 12.0. The highest BCUT2D eigenvalue weighted by molar-refractivity contribution is 5.92. The van der Waals surface area contributed by atoms with E-state index in [2.05, 4.69) is 29.0 Å². The van der Waals surface area contributed by atoms with Crippen molar-refractivity contribution in [3.8, 4) is 0 Å². The van der Waals surface area contributed by atoms with Crippen LogP contribution in [0.15, 0.2) is 24.3 Å². The molecular weight excluding hydrogens is 286 g/mol. The zero-order chi connectivity index (χ0) is 15.0. The largest absolute Gasteiger partial charge is 0.325 e. The van der Waals surface area contributed by atoms with E-state index in [9.17, 15) is 4.79 Å². The van der Waals surface area contributed by atoms with Crippen molar-refractivity contribution < 1.29 is 4.79 Å². The number of carbonyl (C=O) groups excluding carboxylic acids is 1. The zero-order valence-electron chi connectivity index (χ0n) is 13.6. The first-order chi connectivity index (χ1) is 9.56. The Labute approximate surface area is 134 Å². The van der Waals surface area contributed by atoms with Gasteiger partial charge in [-0.25, -0.2) is 0 Å². The van der Waals surface area contributed by atoms with E-state index in [1.165, 1.54) is 0 Å². The molecule has 1 aromatic carbocycles. The highest BCUT2D eigenvalue weighted by Gasteiger charge is 2.09. The maximum Gasteiger partial charge on any atom is 0.238 e. The van der Waals surface area contributed by atoms with Crippen molar-refractivity contribution in [3.05, 3.63) is 29.8 Å². The van der Waals surface area contributed by atoms with Gasteiger partial charge in [0.05, 0.1) is 6.54 Å². The van der Waals surface area contributed by atoms with Gasteiger partial charge in [0.15, 0.2) is 0 Å². The number of rotatable bonds is 8. The fourth-order valence-corrected chi connectivity index (χ4v) is 2.08. The van der Waals surface area contributed by atoms with Gasteiger partial charge in [-0.1, -0.05) is 32.0 Å². The van der Waals surface area contributed by atoms with Gasteiger partial charge >= 0.3 is 0 Å². The van der Waals surface area contributed by atoms with Crippen molar-refractivity contribution in [1.29, 1.82) is 0 Å². The van der Waals surface area contributed by atoms with Crippen LogP contribution in [0.1, 0.15) is 19.4 Å². The molecule has 120 valence electrons. The van der Waals surface area contributed by atoms with E-state index in [0.717, 1.165) is 37.4 Å². The molecule has 0 spiro atoms. The normalized spacial score (nSPS) is 10.6. The molecule has 0 heterocycles. The molecule has 0 saturated heterocycles. The second kappa shape index (κ2) is 10.6. The minimum absolute atomic E-state index is 0. The molecule has 21 heavy (non-hydrogen) atoms. The molecule has 0 aliphatic carbocycles. The number of hydrogen-bond acceptors (Lipinski definition) is 3. The lowest BCUT2D eigenvalue weighted by Crippen LogP contribution is -2.37. The van der Waals surface area contributed by atoms with Crippen molar-refractivity contribution in [2.45, 2.75) is 20.8 Å². The molecule has 0 fully saturated rings. The fourth-order valence-electron chi connectivity index (χ4n) is 2.08. The summed E-state index contributed by atoms with van der Waals surface area (Å²) in [4.78, 5) is 16.4. The van der Waals surface area contributed by atoms with Gasteiger partial charge in [-0.3, -0.25) is 9.69 Å². The molecule has 0 unspecified atom stereocenters. The summed E-state index contributed by atoms with van der Waals surface area (Å²) >= 11 is 0. The molecule has 1 aromatic rings. The lowest BCUT2D eigenvalue weighted by molar-refractivity contribution is -0.117. The van der Waals surface area contributed by atoms with Gasteiger partial charge < -0.3 is 10.2 Å². The van der Waals surface area contributed by atoms with E-state index in [0.29, 0.717) is 6.54 Å². The fraction of sp³-hybridized carbons (Fsp3) is 0.562.